The van der Waals surface area contributed by atoms with Crippen molar-refractivity contribution in [1.82, 2.24) is 0 Å². The fraction of sp³-hybridized carbons (Fsp3) is 0.133. The highest BCUT2D eigenvalue weighted by molar-refractivity contribution is 5.73. The Morgan fingerprint density at radius 3 is 2.50 bits per heavy atom. The normalized spacial score (nSPS) is 9.80. The van der Waals surface area contributed by atoms with Gasteiger partial charge in [0.15, 0.2) is 0 Å². The molecule has 0 unspecified atom stereocenters. The monoisotopic (exact) mass is 267 g/mol. The highest BCUT2D eigenvalue weighted by Crippen LogP contribution is 2.33. The predicted octanol–water partition coefficient (Wildman–Crippen LogP) is 3.62. The van der Waals surface area contributed by atoms with E-state index in [1.165, 1.54) is 6.07 Å². The van der Waals surface area contributed by atoms with Crippen LogP contribution in [0.15, 0.2) is 48.5 Å². The second kappa shape index (κ2) is 5.85. The minimum atomic E-state index is -0.457. The largest absolute Gasteiger partial charge is 0.336 e. The molecule has 0 saturated carbocycles. The zero-order valence-corrected chi connectivity index (χ0v) is 11.0. The molecule has 0 aromatic heterocycles. The fourth-order valence-electron chi connectivity index (χ4n) is 2.07. The number of rotatable bonds is 4. The summed E-state index contributed by atoms with van der Waals surface area (Å²) in [6, 6.07) is 15.9. The molecular weight excluding hydrogens is 254 g/mol. The van der Waals surface area contributed by atoms with Crippen LogP contribution in [0.1, 0.15) is 12.5 Å². The summed E-state index contributed by atoms with van der Waals surface area (Å²) in [4.78, 5) is 12.6. The van der Waals surface area contributed by atoms with Crippen LogP contribution >= 0.6 is 0 Å². The van der Waals surface area contributed by atoms with Crippen molar-refractivity contribution in [1.29, 1.82) is 5.26 Å². The Morgan fingerprint density at radius 2 is 1.95 bits per heavy atom. The van der Waals surface area contributed by atoms with Crippen molar-refractivity contribution in [3.8, 4) is 6.07 Å². The molecule has 0 spiro atoms. The Balaban J connectivity index is 2.56. The number of hydrogen-bond donors (Lipinski definition) is 0. The van der Waals surface area contributed by atoms with Crippen LogP contribution in [-0.4, -0.2) is 11.5 Å². The molecule has 0 N–H and O–H groups in total. The van der Waals surface area contributed by atoms with E-state index in [1.807, 2.05) is 48.2 Å². The molecular formula is C15H13N3O2. The summed E-state index contributed by atoms with van der Waals surface area (Å²) >= 11 is 0. The lowest BCUT2D eigenvalue weighted by Gasteiger charge is -2.22. The van der Waals surface area contributed by atoms with Crippen LogP contribution in [0.2, 0.25) is 0 Å². The van der Waals surface area contributed by atoms with Gasteiger partial charge in [-0.3, -0.25) is 10.1 Å². The molecule has 2 aromatic rings. The van der Waals surface area contributed by atoms with E-state index in [9.17, 15) is 10.1 Å². The minimum absolute atomic E-state index is 0.0604. The minimum Gasteiger partial charge on any atom is -0.336 e. The van der Waals surface area contributed by atoms with Crippen molar-refractivity contribution < 1.29 is 4.92 Å². The van der Waals surface area contributed by atoms with Gasteiger partial charge in [-0.25, -0.2) is 0 Å². The van der Waals surface area contributed by atoms with Crippen molar-refractivity contribution in [2.45, 2.75) is 6.92 Å². The van der Waals surface area contributed by atoms with E-state index in [0.717, 1.165) is 5.69 Å². The quantitative estimate of drug-likeness (QED) is 0.626. The first-order chi connectivity index (χ1) is 9.67. The number of nitro benzene ring substituents is 1. The second-order valence-corrected chi connectivity index (χ2v) is 4.15. The molecule has 0 bridgehead atoms. The van der Waals surface area contributed by atoms with Crippen LogP contribution < -0.4 is 4.90 Å². The fourth-order valence-corrected chi connectivity index (χ4v) is 2.07. The third-order valence-corrected chi connectivity index (χ3v) is 2.98. The second-order valence-electron chi connectivity index (χ2n) is 4.15. The number of para-hydroxylation sites is 1. The van der Waals surface area contributed by atoms with E-state index in [4.69, 9.17) is 5.26 Å². The molecule has 0 saturated heterocycles. The molecule has 20 heavy (non-hydrogen) atoms. The summed E-state index contributed by atoms with van der Waals surface area (Å²) in [5.41, 5.74) is 1.59. The highest BCUT2D eigenvalue weighted by Gasteiger charge is 2.20. The topological polar surface area (TPSA) is 70.2 Å². The maximum absolute atomic E-state index is 11.2. The van der Waals surface area contributed by atoms with Gasteiger partial charge in [-0.1, -0.05) is 18.2 Å². The van der Waals surface area contributed by atoms with Gasteiger partial charge in [0.1, 0.15) is 5.69 Å². The Labute approximate surface area is 116 Å². The Hall–Kier alpha value is -2.87. The third kappa shape index (κ3) is 2.59. The molecule has 0 aliphatic rings. The first-order valence-corrected chi connectivity index (χ1v) is 6.18. The lowest BCUT2D eigenvalue weighted by molar-refractivity contribution is -0.384. The maximum atomic E-state index is 11.2. The summed E-state index contributed by atoms with van der Waals surface area (Å²) in [6.45, 7) is 2.52. The Kier molecular flexibility index (Phi) is 3.96. The number of nitriles is 1. The predicted molar refractivity (Wildman–Crippen MR) is 76.9 cm³/mol. The van der Waals surface area contributed by atoms with Gasteiger partial charge < -0.3 is 4.90 Å². The van der Waals surface area contributed by atoms with Crippen molar-refractivity contribution in [2.24, 2.45) is 0 Å². The number of hydrogen-bond acceptors (Lipinski definition) is 4. The molecule has 5 heteroatoms. The zero-order chi connectivity index (χ0) is 14.5. The number of nitro groups is 1. The lowest BCUT2D eigenvalue weighted by atomic mass is 10.1. The van der Waals surface area contributed by atoms with Crippen molar-refractivity contribution >= 4 is 17.1 Å². The number of anilines is 2. The van der Waals surface area contributed by atoms with Gasteiger partial charge in [0.2, 0.25) is 0 Å². The lowest BCUT2D eigenvalue weighted by Crippen LogP contribution is -2.17. The van der Waals surface area contributed by atoms with Gasteiger partial charge in [-0.15, -0.1) is 0 Å². The van der Waals surface area contributed by atoms with Crippen molar-refractivity contribution in [3.63, 3.8) is 0 Å². The van der Waals surface area contributed by atoms with Crippen LogP contribution in [0.25, 0.3) is 0 Å². The van der Waals surface area contributed by atoms with Crippen molar-refractivity contribution in [3.05, 3.63) is 64.2 Å². The SMILES string of the molecule is CCN(c1ccccc1)c1ccc(C#N)cc1[N+](=O)[O-]. The Bertz CT molecular complexity index is 663. The number of benzene rings is 2. The summed E-state index contributed by atoms with van der Waals surface area (Å²) in [5.74, 6) is 0. The smallest absolute Gasteiger partial charge is 0.294 e. The first-order valence-electron chi connectivity index (χ1n) is 6.18. The molecule has 0 atom stereocenters. The third-order valence-electron chi connectivity index (χ3n) is 2.98. The summed E-state index contributed by atoms with van der Waals surface area (Å²) in [7, 11) is 0. The van der Waals surface area contributed by atoms with Gasteiger partial charge in [0.25, 0.3) is 5.69 Å². The van der Waals surface area contributed by atoms with Gasteiger partial charge >= 0.3 is 0 Å². The molecule has 0 amide bonds. The van der Waals surface area contributed by atoms with Crippen LogP contribution in [0, 0.1) is 21.4 Å². The average Bonchev–Trinajstić information content (AvgIpc) is 2.49. The van der Waals surface area contributed by atoms with Crippen molar-refractivity contribution in [2.75, 3.05) is 11.4 Å². The van der Waals surface area contributed by atoms with Gasteiger partial charge in [0.05, 0.1) is 16.6 Å². The van der Waals surface area contributed by atoms with E-state index < -0.39 is 4.92 Å². The van der Waals surface area contributed by atoms with Gasteiger partial charge in [0, 0.05) is 18.3 Å². The standard InChI is InChI=1S/C15H13N3O2/c1-2-17(13-6-4-3-5-7-13)14-9-8-12(11-16)10-15(14)18(19)20/h3-10H,2H2,1H3. The van der Waals surface area contributed by atoms with Crippen LogP contribution in [-0.2, 0) is 0 Å². The van der Waals surface area contributed by atoms with Gasteiger partial charge in [-0.05, 0) is 31.2 Å². The molecule has 0 aliphatic carbocycles. The molecule has 2 aromatic carbocycles. The first kappa shape index (κ1) is 13.6. The molecule has 2 rings (SSSR count). The Morgan fingerprint density at radius 1 is 1.25 bits per heavy atom. The summed E-state index contributed by atoms with van der Waals surface area (Å²) in [6.07, 6.45) is 0. The average molecular weight is 267 g/mol. The van der Waals surface area contributed by atoms with E-state index in [-0.39, 0.29) is 11.3 Å². The zero-order valence-electron chi connectivity index (χ0n) is 11.0. The van der Waals surface area contributed by atoms with E-state index in [0.29, 0.717) is 12.2 Å². The molecule has 0 radical (unpaired) electrons. The van der Waals surface area contributed by atoms with Crippen LogP contribution in [0.3, 0.4) is 0 Å². The molecule has 0 aliphatic heterocycles. The molecule has 5 nitrogen and oxygen atoms in total. The maximum Gasteiger partial charge on any atom is 0.294 e. The highest BCUT2D eigenvalue weighted by atomic mass is 16.6. The molecule has 100 valence electrons. The van der Waals surface area contributed by atoms with E-state index >= 15 is 0 Å². The van der Waals surface area contributed by atoms with Gasteiger partial charge in [-0.2, -0.15) is 5.26 Å². The van der Waals surface area contributed by atoms with Crippen LogP contribution in [0.5, 0.6) is 0 Å². The van der Waals surface area contributed by atoms with E-state index in [1.54, 1.807) is 12.1 Å². The molecule has 0 heterocycles. The summed E-state index contributed by atoms with van der Waals surface area (Å²) in [5, 5.41) is 20.1. The number of nitrogens with zero attached hydrogens (tertiary/aromatic N) is 3. The van der Waals surface area contributed by atoms with E-state index in [2.05, 4.69) is 0 Å². The van der Waals surface area contributed by atoms with Crippen LogP contribution in [0.4, 0.5) is 17.1 Å². The summed E-state index contributed by atoms with van der Waals surface area (Å²) < 4.78 is 0. The molecule has 0 fully saturated rings.